The van der Waals surface area contributed by atoms with Crippen LogP contribution in [0, 0.1) is 17.5 Å². The second kappa shape index (κ2) is 8.35. The number of nitrogens with one attached hydrogen (secondary N) is 1. The van der Waals surface area contributed by atoms with E-state index in [1.807, 2.05) is 0 Å². The van der Waals surface area contributed by atoms with Crippen LogP contribution in [0.15, 0.2) is 28.3 Å². The molecular formula is C23H20F4N4O5. The zero-order valence-corrected chi connectivity index (χ0v) is 18.9. The molecule has 1 fully saturated rings. The highest BCUT2D eigenvalue weighted by atomic mass is 19.1. The van der Waals surface area contributed by atoms with E-state index in [4.69, 9.17) is 4.84 Å². The predicted octanol–water partition coefficient (Wildman–Crippen LogP) is 2.52. The van der Waals surface area contributed by atoms with Gasteiger partial charge < -0.3 is 24.7 Å². The molecule has 190 valence electrons. The lowest BCUT2D eigenvalue weighted by molar-refractivity contribution is -0.0655. The summed E-state index contributed by atoms with van der Waals surface area (Å²) >= 11 is 0. The first-order chi connectivity index (χ1) is 17.0. The fourth-order valence-corrected chi connectivity index (χ4v) is 5.08. The Morgan fingerprint density at radius 1 is 1.25 bits per heavy atom. The van der Waals surface area contributed by atoms with Crippen LogP contribution < -0.4 is 10.7 Å². The summed E-state index contributed by atoms with van der Waals surface area (Å²) in [6.07, 6.45) is 1.58. The van der Waals surface area contributed by atoms with E-state index in [0.717, 1.165) is 6.20 Å². The van der Waals surface area contributed by atoms with Crippen molar-refractivity contribution >= 4 is 17.8 Å². The topological polar surface area (TPSA) is 113 Å². The van der Waals surface area contributed by atoms with Crippen molar-refractivity contribution in [3.63, 3.8) is 0 Å². The molecular weight excluding hydrogens is 488 g/mol. The molecule has 0 saturated carbocycles. The molecule has 2 bridgehead atoms. The summed E-state index contributed by atoms with van der Waals surface area (Å²) in [6.45, 7) is 1.10. The van der Waals surface area contributed by atoms with Gasteiger partial charge in [-0.3, -0.25) is 14.4 Å². The quantitative estimate of drug-likeness (QED) is 0.619. The van der Waals surface area contributed by atoms with Gasteiger partial charge in [-0.1, -0.05) is 5.16 Å². The number of amides is 2. The number of carbonyl (C=O) groups is 2. The highest BCUT2D eigenvalue weighted by molar-refractivity contribution is 5.99. The summed E-state index contributed by atoms with van der Waals surface area (Å²) in [4.78, 5) is 45.8. The van der Waals surface area contributed by atoms with E-state index in [2.05, 4.69) is 10.5 Å². The predicted molar refractivity (Wildman–Crippen MR) is 116 cm³/mol. The van der Waals surface area contributed by atoms with Crippen molar-refractivity contribution in [1.29, 1.82) is 0 Å². The normalized spacial score (nSPS) is 24.8. The molecule has 4 heterocycles. The Labute approximate surface area is 200 Å². The minimum atomic E-state index is -1.24. The van der Waals surface area contributed by atoms with Crippen molar-refractivity contribution in [1.82, 2.24) is 14.8 Å². The summed E-state index contributed by atoms with van der Waals surface area (Å²) in [5.74, 6) is -7.11. The van der Waals surface area contributed by atoms with Crippen LogP contribution in [0.3, 0.4) is 0 Å². The number of nitrogens with zero attached hydrogens (tertiary/aromatic N) is 3. The van der Waals surface area contributed by atoms with Gasteiger partial charge in [0.2, 0.25) is 11.4 Å². The first-order valence-electron chi connectivity index (χ1n) is 11.1. The lowest BCUT2D eigenvalue weighted by atomic mass is 9.85. The fraction of sp³-hybridized carbons (Fsp3) is 0.391. The van der Waals surface area contributed by atoms with Gasteiger partial charge in [0.1, 0.15) is 23.0 Å². The number of aromatic nitrogens is 1. The summed E-state index contributed by atoms with van der Waals surface area (Å²) in [7, 11) is 0. The van der Waals surface area contributed by atoms with Gasteiger partial charge in [-0.15, -0.1) is 0 Å². The van der Waals surface area contributed by atoms with Gasteiger partial charge in [-0.25, -0.2) is 13.2 Å². The number of pyridine rings is 1. The van der Waals surface area contributed by atoms with E-state index < -0.39 is 75.7 Å². The van der Waals surface area contributed by atoms with E-state index in [9.17, 15) is 37.1 Å². The summed E-state index contributed by atoms with van der Waals surface area (Å²) in [6, 6.07) is -0.233. The van der Waals surface area contributed by atoms with Crippen molar-refractivity contribution in [3.8, 4) is 5.75 Å². The molecule has 1 aromatic carbocycles. The zero-order valence-electron chi connectivity index (χ0n) is 18.9. The molecule has 1 spiro atoms. The van der Waals surface area contributed by atoms with E-state index in [0.29, 0.717) is 25.0 Å². The van der Waals surface area contributed by atoms with Gasteiger partial charge in [0.05, 0.1) is 12.5 Å². The average Bonchev–Trinajstić information content (AvgIpc) is 3.14. The first kappa shape index (κ1) is 23.8. The molecule has 5 rings (SSSR count). The fourth-order valence-electron chi connectivity index (χ4n) is 5.08. The Morgan fingerprint density at radius 3 is 2.58 bits per heavy atom. The minimum absolute atomic E-state index is 0.0468. The van der Waals surface area contributed by atoms with Crippen LogP contribution in [0.5, 0.6) is 5.75 Å². The van der Waals surface area contributed by atoms with Crippen LogP contribution in [-0.4, -0.2) is 50.5 Å². The zero-order chi connectivity index (χ0) is 25.9. The van der Waals surface area contributed by atoms with Crippen molar-refractivity contribution in [2.45, 2.75) is 50.4 Å². The molecule has 9 nitrogen and oxygen atoms in total. The van der Waals surface area contributed by atoms with Gasteiger partial charge >= 0.3 is 0 Å². The van der Waals surface area contributed by atoms with Gasteiger partial charge in [-0.2, -0.15) is 4.39 Å². The van der Waals surface area contributed by atoms with Crippen LogP contribution in [-0.2, 0) is 11.4 Å². The van der Waals surface area contributed by atoms with Gasteiger partial charge in [-0.05, 0) is 19.8 Å². The number of halogens is 4. The van der Waals surface area contributed by atoms with Gasteiger partial charge in [0, 0.05) is 43.0 Å². The van der Waals surface area contributed by atoms with Gasteiger partial charge in [0.25, 0.3) is 11.8 Å². The van der Waals surface area contributed by atoms with E-state index in [1.165, 1.54) is 9.47 Å². The number of oxime groups is 1. The van der Waals surface area contributed by atoms with Crippen LogP contribution in [0.1, 0.15) is 58.6 Å². The number of hydrogen-bond donors (Lipinski definition) is 2. The number of carbonyl (C=O) groups excluding carboxylic acids is 2. The second-order valence-electron chi connectivity index (χ2n) is 9.17. The standard InChI is InChI=1S/C23H20F4N4O5/c1-10-2-3-23(6-17(27)29-36-23)16-9-30(10)22(35)18-20(33)19(32)13(8-31(16)18)21(34)28-7-12-14(25)4-11(24)5-15(12)26/h4-5,8,10,16,33H,2-3,6-7,9H2,1H3,(H,28,34)/t10-,16+,23-/m0/s1. The van der Waals surface area contributed by atoms with Crippen molar-refractivity contribution in [2.24, 2.45) is 5.16 Å². The number of aromatic hydroxyl groups is 1. The van der Waals surface area contributed by atoms with Crippen LogP contribution in [0.2, 0.25) is 0 Å². The largest absolute Gasteiger partial charge is 0.503 e. The number of benzene rings is 1. The monoisotopic (exact) mass is 508 g/mol. The highest BCUT2D eigenvalue weighted by Crippen LogP contribution is 2.46. The molecule has 2 aromatic rings. The molecule has 3 aliphatic heterocycles. The van der Waals surface area contributed by atoms with Crippen molar-refractivity contribution < 1.29 is 37.1 Å². The lowest BCUT2D eigenvalue weighted by Crippen LogP contribution is -2.52. The third kappa shape index (κ3) is 3.60. The summed E-state index contributed by atoms with van der Waals surface area (Å²) in [5, 5.41) is 16.3. The summed E-state index contributed by atoms with van der Waals surface area (Å²) < 4.78 is 56.3. The van der Waals surface area contributed by atoms with E-state index >= 15 is 0 Å². The number of hydrogen-bond acceptors (Lipinski definition) is 6. The third-order valence-corrected chi connectivity index (χ3v) is 7.05. The molecule has 2 N–H and O–H groups in total. The molecule has 36 heavy (non-hydrogen) atoms. The molecule has 3 atom stereocenters. The van der Waals surface area contributed by atoms with Crippen molar-refractivity contribution in [3.05, 3.63) is 62.8 Å². The maximum atomic E-state index is 14.0. The minimum Gasteiger partial charge on any atom is -0.503 e. The third-order valence-electron chi connectivity index (χ3n) is 7.05. The molecule has 3 aliphatic rings. The SMILES string of the molecule is C[C@H]1CC[C@]2(CC(F)=NO2)[C@H]2CN1C(=O)c1c(O)c(=O)c(C(=O)NCc3c(F)cc(F)cc3F)cn12. The van der Waals surface area contributed by atoms with E-state index in [-0.39, 0.29) is 24.7 Å². The molecule has 2 amide bonds. The lowest BCUT2D eigenvalue weighted by Gasteiger charge is -2.41. The van der Waals surface area contributed by atoms with E-state index in [1.54, 1.807) is 6.92 Å². The smallest absolute Gasteiger partial charge is 0.274 e. The number of fused-ring (bicyclic) bond motifs is 5. The first-order valence-corrected chi connectivity index (χ1v) is 11.1. The Hall–Kier alpha value is -3.90. The number of rotatable bonds is 3. The maximum absolute atomic E-state index is 14.0. The van der Waals surface area contributed by atoms with Crippen LogP contribution in [0.25, 0.3) is 0 Å². The van der Waals surface area contributed by atoms with Crippen molar-refractivity contribution in [2.75, 3.05) is 6.54 Å². The molecule has 0 aliphatic carbocycles. The Kier molecular flexibility index (Phi) is 5.52. The Balaban J connectivity index is 1.55. The van der Waals surface area contributed by atoms with Crippen LogP contribution in [0.4, 0.5) is 17.6 Å². The average molecular weight is 508 g/mol. The Morgan fingerprint density at radius 2 is 1.94 bits per heavy atom. The molecule has 1 saturated heterocycles. The van der Waals surface area contributed by atoms with Crippen LogP contribution >= 0.6 is 0 Å². The highest BCUT2D eigenvalue weighted by Gasteiger charge is 2.54. The van der Waals surface area contributed by atoms with Gasteiger partial charge in [0.15, 0.2) is 17.0 Å². The maximum Gasteiger partial charge on any atom is 0.274 e. The molecule has 13 heteroatoms. The second-order valence-corrected chi connectivity index (χ2v) is 9.17. The summed E-state index contributed by atoms with van der Waals surface area (Å²) in [5.41, 5.74) is -4.04. The Bertz CT molecular complexity index is 1370. The molecule has 1 aromatic heterocycles. The molecule has 0 radical (unpaired) electrons. The molecule has 0 unspecified atom stereocenters.